The van der Waals surface area contributed by atoms with E-state index in [-0.39, 0.29) is 48.2 Å². The van der Waals surface area contributed by atoms with Crippen molar-refractivity contribution in [3.05, 3.63) is 40.6 Å². The second-order valence-corrected chi connectivity index (χ2v) is 9.59. The summed E-state index contributed by atoms with van der Waals surface area (Å²) in [4.78, 5) is 25.5. The highest BCUT2D eigenvalue weighted by molar-refractivity contribution is 7.66. The molecular weight excluding hydrogens is 511 g/mol. The number of carbonyl (C=O) groups excluding carboxylic acids is 2. The molecule has 0 saturated carbocycles. The Kier molecular flexibility index (Phi) is 7.77. The molecule has 196 valence electrons. The minimum atomic E-state index is -4.22. The Balaban J connectivity index is 1.56. The summed E-state index contributed by atoms with van der Waals surface area (Å²) in [6, 6.07) is 7.36. The van der Waals surface area contributed by atoms with E-state index in [1.807, 2.05) is 6.07 Å². The molecular formula is C24H25F3N5O4S+. The Morgan fingerprint density at radius 2 is 2.16 bits per heavy atom. The number of aromatic nitrogens is 2. The lowest BCUT2D eigenvalue weighted by Gasteiger charge is -2.35. The maximum atomic E-state index is 13.3. The molecule has 4 rings (SSSR count). The van der Waals surface area contributed by atoms with E-state index in [1.165, 1.54) is 4.68 Å². The van der Waals surface area contributed by atoms with Crippen molar-refractivity contribution in [3.8, 4) is 11.8 Å². The van der Waals surface area contributed by atoms with Gasteiger partial charge in [-0.2, -0.15) is 23.5 Å². The van der Waals surface area contributed by atoms with Crippen LogP contribution >= 0.6 is 0 Å². The maximum Gasteiger partial charge on any atom is 0.469 e. The summed E-state index contributed by atoms with van der Waals surface area (Å²) in [6.45, 7) is 0.263. The van der Waals surface area contributed by atoms with E-state index in [1.54, 1.807) is 12.1 Å². The number of carbonyl (C=O) groups is 2. The van der Waals surface area contributed by atoms with Gasteiger partial charge in [-0.25, -0.2) is 4.68 Å². The van der Waals surface area contributed by atoms with Gasteiger partial charge in [0.15, 0.2) is 0 Å². The number of benzene rings is 1. The predicted octanol–water partition coefficient (Wildman–Crippen LogP) is 3.40. The van der Waals surface area contributed by atoms with Gasteiger partial charge in [0.05, 0.1) is 23.9 Å². The monoisotopic (exact) mass is 536 g/mol. The lowest BCUT2D eigenvalue weighted by atomic mass is 9.82. The third-order valence-electron chi connectivity index (χ3n) is 6.47. The Morgan fingerprint density at radius 3 is 2.89 bits per heavy atom. The molecule has 2 aliphatic rings. The molecule has 2 heterocycles. The van der Waals surface area contributed by atoms with E-state index >= 15 is 0 Å². The van der Waals surface area contributed by atoms with Crippen LogP contribution in [0.4, 0.5) is 19.0 Å². The number of nitrogens with zero attached hydrogens (tertiary/aromatic N) is 3. The van der Waals surface area contributed by atoms with Crippen LogP contribution in [0.25, 0.3) is 0 Å². The van der Waals surface area contributed by atoms with Crippen molar-refractivity contribution in [2.75, 3.05) is 17.7 Å². The summed E-state index contributed by atoms with van der Waals surface area (Å²) in [7, 11) is 0. The highest BCUT2D eigenvalue weighted by Gasteiger charge is 2.46. The standard InChI is InChI=1S/C24H24F3N5O4S/c25-24(26,27)7-3-11-36-16-4-5-17-15(12-16)6-8-23(17)13-18-20(22(34)30-23)21(29-19(33)14-37-35)32(31-18)10-2-1-9-28/h4-5,12H,1-3,6-8,10-11,13-14H2,(H-,29,30,31,33,34)/p+1/t23-/m0/s1. The first-order chi connectivity index (χ1) is 17.7. The fourth-order valence-electron chi connectivity index (χ4n) is 4.89. The van der Waals surface area contributed by atoms with Crippen LogP contribution in [0.3, 0.4) is 0 Å². The lowest BCUT2D eigenvalue weighted by Crippen LogP contribution is -2.49. The average molecular weight is 537 g/mol. The minimum absolute atomic E-state index is 0.0495. The zero-order chi connectivity index (χ0) is 26.6. The third kappa shape index (κ3) is 5.90. The van der Waals surface area contributed by atoms with Crippen LogP contribution < -0.4 is 15.4 Å². The quantitative estimate of drug-likeness (QED) is 0.354. The molecule has 0 unspecified atom stereocenters. The third-order valence-corrected chi connectivity index (χ3v) is 6.85. The summed E-state index contributed by atoms with van der Waals surface area (Å²) < 4.78 is 54.9. The van der Waals surface area contributed by atoms with Gasteiger partial charge in [0.1, 0.15) is 17.1 Å². The van der Waals surface area contributed by atoms with Crippen molar-refractivity contribution >= 4 is 29.3 Å². The van der Waals surface area contributed by atoms with Gasteiger partial charge in [-0.15, -0.1) is 0 Å². The molecule has 13 heteroatoms. The van der Waals surface area contributed by atoms with Crippen LogP contribution in [-0.4, -0.2) is 40.1 Å². The summed E-state index contributed by atoms with van der Waals surface area (Å²) >= 11 is 0.117. The van der Waals surface area contributed by atoms with Gasteiger partial charge in [0, 0.05) is 30.0 Å². The first-order valence-electron chi connectivity index (χ1n) is 11.8. The van der Waals surface area contributed by atoms with E-state index < -0.39 is 30.0 Å². The number of hydrogen-bond donors (Lipinski definition) is 2. The Labute approximate surface area is 214 Å². The van der Waals surface area contributed by atoms with Crippen molar-refractivity contribution < 1.29 is 31.7 Å². The van der Waals surface area contributed by atoms with Crippen LogP contribution in [0.5, 0.6) is 5.75 Å². The zero-order valence-electron chi connectivity index (χ0n) is 19.8. The summed E-state index contributed by atoms with van der Waals surface area (Å²) in [5.41, 5.74) is 1.86. The number of aryl methyl sites for hydroxylation is 2. The van der Waals surface area contributed by atoms with Gasteiger partial charge in [0.2, 0.25) is 0 Å². The van der Waals surface area contributed by atoms with Gasteiger partial charge in [-0.3, -0.25) is 9.59 Å². The van der Waals surface area contributed by atoms with Gasteiger partial charge >= 0.3 is 23.6 Å². The molecule has 1 spiro atoms. The molecule has 1 atom stereocenters. The Hall–Kier alpha value is -3.53. The number of amides is 2. The van der Waals surface area contributed by atoms with E-state index in [2.05, 4.69) is 21.8 Å². The molecule has 0 fully saturated rings. The lowest BCUT2D eigenvalue weighted by molar-refractivity contribution is -0.136. The highest BCUT2D eigenvalue weighted by Crippen LogP contribution is 2.44. The molecule has 0 saturated heterocycles. The van der Waals surface area contributed by atoms with Gasteiger partial charge in [-0.05, 0) is 48.9 Å². The van der Waals surface area contributed by atoms with E-state index in [0.29, 0.717) is 43.7 Å². The molecule has 0 bridgehead atoms. The van der Waals surface area contributed by atoms with Gasteiger partial charge in [0.25, 0.3) is 11.8 Å². The number of fused-ring (bicyclic) bond motifs is 3. The van der Waals surface area contributed by atoms with Crippen LogP contribution in [0.1, 0.15) is 59.3 Å². The zero-order valence-corrected chi connectivity index (χ0v) is 20.6. The highest BCUT2D eigenvalue weighted by atomic mass is 32.1. The smallest absolute Gasteiger partial charge is 0.469 e. The van der Waals surface area contributed by atoms with Crippen molar-refractivity contribution in [2.24, 2.45) is 0 Å². The fourth-order valence-corrected chi connectivity index (χ4v) is 5.07. The molecule has 0 radical (unpaired) electrons. The van der Waals surface area contributed by atoms with E-state index in [9.17, 15) is 27.0 Å². The van der Waals surface area contributed by atoms with Crippen molar-refractivity contribution in [1.82, 2.24) is 15.1 Å². The summed E-state index contributed by atoms with van der Waals surface area (Å²) in [6.07, 6.45) is -2.90. The number of rotatable bonds is 10. The van der Waals surface area contributed by atoms with Crippen LogP contribution in [0, 0.1) is 11.3 Å². The van der Waals surface area contributed by atoms with Crippen molar-refractivity contribution in [3.63, 3.8) is 0 Å². The second kappa shape index (κ2) is 10.8. The second-order valence-electron chi connectivity index (χ2n) is 9.06. The first kappa shape index (κ1) is 26.5. The molecule has 1 aromatic heterocycles. The SMILES string of the molecule is N#CCCCn1nc2c(c1NC(=O)C[S+]=O)C(=O)N[C@@]1(CCc3cc(OCCCC(F)(F)F)ccc31)C2. The molecule has 2 amide bonds. The molecule has 1 aliphatic heterocycles. The summed E-state index contributed by atoms with van der Waals surface area (Å²) in [5.74, 6) is -0.592. The number of ether oxygens (including phenoxy) is 1. The van der Waals surface area contributed by atoms with Crippen molar-refractivity contribution in [2.45, 2.75) is 63.2 Å². The summed E-state index contributed by atoms with van der Waals surface area (Å²) in [5, 5.41) is 19.2. The molecule has 2 N–H and O–H groups in total. The molecule has 1 aromatic carbocycles. The molecule has 2 aromatic rings. The number of alkyl halides is 3. The minimum Gasteiger partial charge on any atom is -0.494 e. The van der Waals surface area contributed by atoms with E-state index in [0.717, 1.165) is 11.1 Å². The number of anilines is 1. The van der Waals surface area contributed by atoms with E-state index in [4.69, 9.17) is 10.00 Å². The predicted molar refractivity (Wildman–Crippen MR) is 127 cm³/mol. The van der Waals surface area contributed by atoms with Crippen LogP contribution in [0.15, 0.2) is 18.2 Å². The normalized spacial score (nSPS) is 18.1. The Bertz CT molecular complexity index is 1260. The topological polar surface area (TPSA) is 126 Å². The number of halogens is 3. The average Bonchev–Trinajstić information content (AvgIpc) is 3.34. The first-order valence-corrected chi connectivity index (χ1v) is 12.7. The number of nitriles is 1. The Morgan fingerprint density at radius 1 is 1.35 bits per heavy atom. The molecule has 1 aliphatic carbocycles. The van der Waals surface area contributed by atoms with Crippen LogP contribution in [-0.2, 0) is 45.6 Å². The number of hydrogen-bond acceptors (Lipinski definition) is 6. The number of unbranched alkanes of at least 4 members (excludes halogenated alkanes) is 1. The van der Waals surface area contributed by atoms with Gasteiger partial charge in [-0.1, -0.05) is 6.07 Å². The number of nitrogens with one attached hydrogen (secondary N) is 2. The fraction of sp³-hybridized carbons (Fsp3) is 0.500. The van der Waals surface area contributed by atoms with Crippen LogP contribution in [0.2, 0.25) is 0 Å². The van der Waals surface area contributed by atoms with Gasteiger partial charge < -0.3 is 15.4 Å². The maximum absolute atomic E-state index is 13.3. The van der Waals surface area contributed by atoms with Crippen molar-refractivity contribution in [1.29, 1.82) is 5.26 Å². The largest absolute Gasteiger partial charge is 0.494 e. The molecule has 9 nitrogen and oxygen atoms in total. The molecule has 37 heavy (non-hydrogen) atoms.